The molecular formula is C21H24N2O4S. The fourth-order valence-corrected chi connectivity index (χ4v) is 3.64. The van der Waals surface area contributed by atoms with E-state index in [0.29, 0.717) is 12.0 Å². The Hall–Kier alpha value is -2.80. The van der Waals surface area contributed by atoms with Crippen molar-refractivity contribution in [1.82, 2.24) is 10.2 Å². The number of benzene rings is 2. The molecule has 0 amide bonds. The van der Waals surface area contributed by atoms with Gasteiger partial charge in [-0.15, -0.1) is 5.10 Å². The van der Waals surface area contributed by atoms with E-state index in [0.717, 1.165) is 22.6 Å². The van der Waals surface area contributed by atoms with Crippen LogP contribution in [0.3, 0.4) is 0 Å². The first-order chi connectivity index (χ1) is 13.2. The quantitative estimate of drug-likeness (QED) is 0.602. The first-order valence-electron chi connectivity index (χ1n) is 9.05. The van der Waals surface area contributed by atoms with Crippen molar-refractivity contribution in [1.29, 1.82) is 0 Å². The third-order valence-electron chi connectivity index (χ3n) is 4.21. The summed E-state index contributed by atoms with van der Waals surface area (Å²) in [4.78, 5) is 0.0971. The maximum absolute atomic E-state index is 12.6. The van der Waals surface area contributed by atoms with Crippen LogP contribution in [0.5, 0.6) is 11.6 Å². The molecule has 2 aromatic carbocycles. The van der Waals surface area contributed by atoms with Crippen LogP contribution < -0.4 is 8.92 Å². The van der Waals surface area contributed by atoms with E-state index in [4.69, 9.17) is 8.92 Å². The molecule has 3 rings (SSSR count). The first-order valence-corrected chi connectivity index (χ1v) is 10.5. The number of aromatic amines is 1. The second-order valence-electron chi connectivity index (χ2n) is 6.97. The molecule has 0 aliphatic heterocycles. The third-order valence-corrected chi connectivity index (χ3v) is 5.44. The van der Waals surface area contributed by atoms with E-state index in [1.54, 1.807) is 12.1 Å². The zero-order valence-corrected chi connectivity index (χ0v) is 17.2. The molecule has 0 saturated heterocycles. The van der Waals surface area contributed by atoms with Gasteiger partial charge in [0.05, 0.1) is 6.10 Å². The van der Waals surface area contributed by atoms with E-state index in [1.165, 1.54) is 12.1 Å². The van der Waals surface area contributed by atoms with E-state index in [9.17, 15) is 8.42 Å². The number of aryl methyl sites for hydroxylation is 2. The molecule has 0 bridgehead atoms. The number of ether oxygens (including phenoxy) is 1. The van der Waals surface area contributed by atoms with Gasteiger partial charge in [-0.05, 0) is 57.5 Å². The standard InChI is InChI=1S/C21H24N2O4S/c1-14(2)26-18-9-7-17(8-10-18)13-20-16(4)22-23-21(20)27-28(24,25)19-11-5-15(3)6-12-19/h5-12,14H,13H2,1-4H3,(H,22,23). The normalized spacial score (nSPS) is 11.6. The number of H-pyrrole nitrogens is 1. The summed E-state index contributed by atoms with van der Waals surface area (Å²) >= 11 is 0. The summed E-state index contributed by atoms with van der Waals surface area (Å²) in [5, 5.41) is 6.86. The minimum atomic E-state index is -3.95. The van der Waals surface area contributed by atoms with Gasteiger partial charge in [-0.2, -0.15) is 8.42 Å². The predicted molar refractivity (Wildman–Crippen MR) is 107 cm³/mol. The van der Waals surface area contributed by atoms with Gasteiger partial charge in [-0.3, -0.25) is 5.10 Å². The SMILES string of the molecule is Cc1ccc(S(=O)(=O)Oc2n[nH]c(C)c2Cc2ccc(OC(C)C)cc2)cc1. The number of hydrogen-bond donors (Lipinski definition) is 1. The molecule has 0 spiro atoms. The average molecular weight is 401 g/mol. The molecule has 1 aromatic heterocycles. The minimum Gasteiger partial charge on any atom is -0.491 e. The van der Waals surface area contributed by atoms with Gasteiger partial charge in [0, 0.05) is 17.7 Å². The molecule has 0 unspecified atom stereocenters. The van der Waals surface area contributed by atoms with Gasteiger partial charge in [0.2, 0.25) is 0 Å². The smallest absolute Gasteiger partial charge is 0.340 e. The fraction of sp³-hybridized carbons (Fsp3) is 0.286. The van der Waals surface area contributed by atoms with Crippen molar-refractivity contribution in [2.75, 3.05) is 0 Å². The minimum absolute atomic E-state index is 0.0700. The number of rotatable bonds is 7. The highest BCUT2D eigenvalue weighted by molar-refractivity contribution is 7.87. The Balaban J connectivity index is 1.81. The molecule has 0 radical (unpaired) electrons. The maximum Gasteiger partial charge on any atom is 0.340 e. The Morgan fingerprint density at radius 2 is 1.64 bits per heavy atom. The summed E-state index contributed by atoms with van der Waals surface area (Å²) in [6, 6.07) is 14.2. The first kappa shape index (κ1) is 19.9. The Morgan fingerprint density at radius 1 is 1.00 bits per heavy atom. The van der Waals surface area contributed by atoms with Crippen LogP contribution in [0.2, 0.25) is 0 Å². The lowest BCUT2D eigenvalue weighted by molar-refractivity contribution is 0.242. The van der Waals surface area contributed by atoms with Crippen LogP contribution in [0, 0.1) is 13.8 Å². The molecule has 0 atom stereocenters. The molecule has 7 heteroatoms. The maximum atomic E-state index is 12.6. The van der Waals surface area contributed by atoms with Gasteiger partial charge in [0.15, 0.2) is 0 Å². The topological polar surface area (TPSA) is 81.3 Å². The van der Waals surface area contributed by atoms with E-state index in [1.807, 2.05) is 52.0 Å². The molecule has 1 heterocycles. The molecule has 28 heavy (non-hydrogen) atoms. The van der Waals surface area contributed by atoms with Crippen molar-refractivity contribution in [2.45, 2.75) is 45.1 Å². The van der Waals surface area contributed by atoms with Crippen molar-refractivity contribution in [3.05, 3.63) is 70.9 Å². The highest BCUT2D eigenvalue weighted by atomic mass is 32.2. The monoisotopic (exact) mass is 400 g/mol. The number of nitrogens with zero attached hydrogens (tertiary/aromatic N) is 1. The second-order valence-corrected chi connectivity index (χ2v) is 8.52. The lowest BCUT2D eigenvalue weighted by Crippen LogP contribution is -2.11. The van der Waals surface area contributed by atoms with E-state index >= 15 is 0 Å². The largest absolute Gasteiger partial charge is 0.491 e. The molecule has 0 fully saturated rings. The van der Waals surface area contributed by atoms with Gasteiger partial charge in [0.25, 0.3) is 5.88 Å². The van der Waals surface area contributed by atoms with Crippen molar-refractivity contribution >= 4 is 10.1 Å². The number of hydrogen-bond acceptors (Lipinski definition) is 5. The van der Waals surface area contributed by atoms with Crippen molar-refractivity contribution < 1.29 is 17.3 Å². The molecule has 0 aliphatic rings. The van der Waals surface area contributed by atoms with Crippen molar-refractivity contribution in [3.8, 4) is 11.6 Å². The summed E-state index contributed by atoms with van der Waals surface area (Å²) in [6.45, 7) is 7.68. The molecule has 3 aromatic rings. The molecule has 0 aliphatic carbocycles. The van der Waals surface area contributed by atoms with Gasteiger partial charge in [0.1, 0.15) is 10.6 Å². The van der Waals surface area contributed by atoms with E-state index in [-0.39, 0.29) is 16.9 Å². The molecule has 0 saturated carbocycles. The van der Waals surface area contributed by atoms with E-state index in [2.05, 4.69) is 10.2 Å². The predicted octanol–water partition coefficient (Wildman–Crippen LogP) is 4.17. The highest BCUT2D eigenvalue weighted by Gasteiger charge is 2.22. The molecular weight excluding hydrogens is 376 g/mol. The summed E-state index contributed by atoms with van der Waals surface area (Å²) in [5.74, 6) is 0.863. The number of aromatic nitrogens is 2. The van der Waals surface area contributed by atoms with E-state index < -0.39 is 10.1 Å². The zero-order chi connectivity index (χ0) is 20.3. The van der Waals surface area contributed by atoms with Crippen LogP contribution in [0.15, 0.2) is 53.4 Å². The van der Waals surface area contributed by atoms with Gasteiger partial charge >= 0.3 is 10.1 Å². The average Bonchev–Trinajstić information content (AvgIpc) is 2.96. The summed E-state index contributed by atoms with van der Waals surface area (Å²) in [6.07, 6.45) is 0.595. The van der Waals surface area contributed by atoms with Gasteiger partial charge in [-0.25, -0.2) is 0 Å². The van der Waals surface area contributed by atoms with Crippen LogP contribution >= 0.6 is 0 Å². The summed E-state index contributed by atoms with van der Waals surface area (Å²) in [5.41, 5.74) is 3.43. The Labute approximate surface area is 165 Å². The number of nitrogens with one attached hydrogen (secondary N) is 1. The summed E-state index contributed by atoms with van der Waals surface area (Å²) in [7, 11) is -3.95. The van der Waals surface area contributed by atoms with Crippen LogP contribution in [0.1, 0.15) is 36.2 Å². The van der Waals surface area contributed by atoms with Crippen LogP contribution in [-0.4, -0.2) is 24.7 Å². The Kier molecular flexibility index (Phi) is 5.74. The zero-order valence-electron chi connectivity index (χ0n) is 16.4. The van der Waals surface area contributed by atoms with Crippen LogP contribution in [0.25, 0.3) is 0 Å². The highest BCUT2D eigenvalue weighted by Crippen LogP contribution is 2.26. The second kappa shape index (κ2) is 8.06. The fourth-order valence-electron chi connectivity index (χ4n) is 2.73. The van der Waals surface area contributed by atoms with Crippen LogP contribution in [0.4, 0.5) is 0 Å². The third kappa shape index (κ3) is 4.72. The van der Waals surface area contributed by atoms with Gasteiger partial charge < -0.3 is 8.92 Å². The Bertz CT molecular complexity index is 1040. The van der Waals surface area contributed by atoms with Crippen LogP contribution in [-0.2, 0) is 16.5 Å². The summed E-state index contributed by atoms with van der Waals surface area (Å²) < 4.78 is 36.1. The molecule has 148 valence electrons. The van der Waals surface area contributed by atoms with Crippen molar-refractivity contribution in [3.63, 3.8) is 0 Å². The molecule has 6 nitrogen and oxygen atoms in total. The molecule has 1 N–H and O–H groups in total. The van der Waals surface area contributed by atoms with Crippen molar-refractivity contribution in [2.24, 2.45) is 0 Å². The lowest BCUT2D eigenvalue weighted by atomic mass is 10.1. The Morgan fingerprint density at radius 3 is 2.25 bits per heavy atom. The lowest BCUT2D eigenvalue weighted by Gasteiger charge is -2.10. The van der Waals surface area contributed by atoms with Gasteiger partial charge in [-0.1, -0.05) is 29.8 Å².